The van der Waals surface area contributed by atoms with Crippen molar-refractivity contribution in [2.24, 2.45) is 0 Å². The number of piperidine rings is 1. The van der Waals surface area contributed by atoms with E-state index in [1.54, 1.807) is 6.92 Å². The highest BCUT2D eigenvalue weighted by Gasteiger charge is 2.35. The Morgan fingerprint density at radius 1 is 1.03 bits per heavy atom. The highest BCUT2D eigenvalue weighted by atomic mass is 79.9. The number of aliphatic hydroxyl groups excluding tert-OH is 2. The molecule has 1 saturated heterocycles. The topological polar surface area (TPSA) is 99.1 Å². The molecule has 0 bridgehead atoms. The third-order valence-electron chi connectivity index (χ3n) is 5.35. The molecule has 0 aliphatic carbocycles. The van der Waals surface area contributed by atoms with Gasteiger partial charge in [0.25, 0.3) is 11.8 Å². The molecule has 2 amide bonds. The van der Waals surface area contributed by atoms with E-state index >= 15 is 0 Å². The van der Waals surface area contributed by atoms with E-state index in [2.05, 4.69) is 21.2 Å². The molecule has 8 heteroatoms. The predicted octanol–water partition coefficient (Wildman–Crippen LogP) is 2.42. The minimum Gasteiger partial charge on any atom is -0.490 e. The second-order valence-corrected chi connectivity index (χ2v) is 8.54. The molecule has 7 nitrogen and oxygen atoms in total. The lowest BCUT2D eigenvalue weighted by molar-refractivity contribution is -0.154. The van der Waals surface area contributed by atoms with Gasteiger partial charge in [0, 0.05) is 30.4 Å². The van der Waals surface area contributed by atoms with Crippen molar-refractivity contribution >= 4 is 27.7 Å². The van der Waals surface area contributed by atoms with Gasteiger partial charge < -0.3 is 25.2 Å². The third-order valence-corrected chi connectivity index (χ3v) is 5.88. The average Bonchev–Trinajstić information content (AvgIpc) is 2.79. The van der Waals surface area contributed by atoms with Crippen LogP contribution < -0.4 is 10.1 Å². The molecular weight excluding hydrogens is 464 g/mol. The molecule has 1 aliphatic rings. The number of amides is 2. The Bertz CT molecular complexity index is 869. The summed E-state index contributed by atoms with van der Waals surface area (Å²) >= 11 is 3.35. The van der Waals surface area contributed by atoms with Crippen molar-refractivity contribution in [1.29, 1.82) is 0 Å². The van der Waals surface area contributed by atoms with Crippen LogP contribution in [0.2, 0.25) is 0 Å². The number of nitrogens with one attached hydrogen (secondary N) is 1. The number of likely N-dealkylation sites (tertiary alicyclic amines) is 1. The minimum absolute atomic E-state index is 0.0245. The van der Waals surface area contributed by atoms with E-state index in [-0.39, 0.29) is 12.1 Å². The maximum absolute atomic E-state index is 12.6. The van der Waals surface area contributed by atoms with Gasteiger partial charge in [-0.05, 0) is 36.8 Å². The van der Waals surface area contributed by atoms with Crippen LogP contribution in [0.25, 0.3) is 0 Å². The summed E-state index contributed by atoms with van der Waals surface area (Å²) < 4.78 is 6.82. The Labute approximate surface area is 190 Å². The highest BCUT2D eigenvalue weighted by Crippen LogP contribution is 2.20. The molecule has 166 valence electrons. The molecule has 3 N–H and O–H groups in total. The quantitative estimate of drug-likeness (QED) is 0.553. The zero-order valence-corrected chi connectivity index (χ0v) is 18.9. The minimum atomic E-state index is -1.84. The van der Waals surface area contributed by atoms with Crippen molar-refractivity contribution in [1.82, 2.24) is 10.2 Å². The molecule has 3 atom stereocenters. The van der Waals surface area contributed by atoms with Crippen LogP contribution in [-0.2, 0) is 9.59 Å². The van der Waals surface area contributed by atoms with Crippen LogP contribution in [0, 0.1) is 0 Å². The first-order valence-corrected chi connectivity index (χ1v) is 11.1. The fourth-order valence-corrected chi connectivity index (χ4v) is 3.75. The van der Waals surface area contributed by atoms with Gasteiger partial charge in [0.15, 0.2) is 12.2 Å². The van der Waals surface area contributed by atoms with Gasteiger partial charge >= 0.3 is 0 Å². The fourth-order valence-electron chi connectivity index (χ4n) is 3.48. The maximum Gasteiger partial charge on any atom is 0.254 e. The van der Waals surface area contributed by atoms with Crippen LogP contribution >= 0.6 is 15.9 Å². The molecule has 31 heavy (non-hydrogen) atoms. The van der Waals surface area contributed by atoms with Crippen LogP contribution in [0.3, 0.4) is 0 Å². The summed E-state index contributed by atoms with van der Waals surface area (Å²) in [7, 11) is 0. The van der Waals surface area contributed by atoms with E-state index in [1.807, 2.05) is 54.6 Å². The predicted molar refractivity (Wildman–Crippen MR) is 119 cm³/mol. The molecule has 0 spiro atoms. The van der Waals surface area contributed by atoms with Gasteiger partial charge in [0.05, 0.1) is 6.04 Å². The van der Waals surface area contributed by atoms with E-state index < -0.39 is 24.0 Å². The first kappa shape index (κ1) is 23.2. The Hall–Kier alpha value is -2.42. The van der Waals surface area contributed by atoms with Gasteiger partial charge in [-0.15, -0.1) is 0 Å². The van der Waals surface area contributed by atoms with Crippen LogP contribution in [0.15, 0.2) is 59.1 Å². The normalized spacial score (nSPS) is 17.5. The van der Waals surface area contributed by atoms with Gasteiger partial charge in [-0.2, -0.15) is 0 Å². The van der Waals surface area contributed by atoms with Crippen molar-refractivity contribution in [3.8, 4) is 5.75 Å². The lowest BCUT2D eigenvalue weighted by Gasteiger charge is -2.34. The molecule has 1 aliphatic heterocycles. The molecule has 0 saturated carbocycles. The molecule has 0 unspecified atom stereocenters. The van der Waals surface area contributed by atoms with Gasteiger partial charge in [-0.3, -0.25) is 9.59 Å². The SMILES string of the molecule is C[C@H](NC(=O)[C@H](O)[C@@H](O)C(=O)N1CCC(Oc2ccccc2)CC1)c1ccc(Br)cc1. The van der Waals surface area contributed by atoms with Crippen molar-refractivity contribution in [2.45, 2.75) is 44.1 Å². The van der Waals surface area contributed by atoms with E-state index in [9.17, 15) is 19.8 Å². The second kappa shape index (κ2) is 10.7. The van der Waals surface area contributed by atoms with Crippen molar-refractivity contribution in [2.75, 3.05) is 13.1 Å². The first-order chi connectivity index (χ1) is 14.8. The number of rotatable bonds is 7. The summed E-state index contributed by atoms with van der Waals surface area (Å²) in [5.74, 6) is -0.671. The van der Waals surface area contributed by atoms with Gasteiger partial charge in [-0.25, -0.2) is 0 Å². The number of aliphatic hydroxyl groups is 2. The number of ether oxygens (including phenoxy) is 1. The Morgan fingerprint density at radius 3 is 2.26 bits per heavy atom. The lowest BCUT2D eigenvalue weighted by Crippen LogP contribution is -2.53. The van der Waals surface area contributed by atoms with Crippen molar-refractivity contribution in [3.63, 3.8) is 0 Å². The summed E-state index contributed by atoms with van der Waals surface area (Å²) in [4.78, 5) is 26.4. The number of nitrogens with zero attached hydrogens (tertiary/aromatic N) is 1. The molecule has 2 aromatic carbocycles. The summed E-state index contributed by atoms with van der Waals surface area (Å²) in [6.45, 7) is 2.54. The zero-order valence-electron chi connectivity index (χ0n) is 17.3. The zero-order chi connectivity index (χ0) is 22.4. The van der Waals surface area contributed by atoms with Crippen molar-refractivity contribution in [3.05, 3.63) is 64.6 Å². The first-order valence-electron chi connectivity index (χ1n) is 10.3. The molecule has 1 fully saturated rings. The summed E-state index contributed by atoms with van der Waals surface area (Å²) in [5, 5.41) is 23.2. The molecule has 3 rings (SSSR count). The van der Waals surface area contributed by atoms with Crippen molar-refractivity contribution < 1.29 is 24.5 Å². The number of carbonyl (C=O) groups excluding carboxylic acids is 2. The van der Waals surface area contributed by atoms with Crippen LogP contribution in [0.5, 0.6) is 5.75 Å². The largest absolute Gasteiger partial charge is 0.490 e. The van der Waals surface area contributed by atoms with Gasteiger partial charge in [-0.1, -0.05) is 46.3 Å². The van der Waals surface area contributed by atoms with E-state index in [0.29, 0.717) is 25.9 Å². The number of carbonyl (C=O) groups is 2. The maximum atomic E-state index is 12.6. The van der Waals surface area contributed by atoms with Crippen LogP contribution in [-0.4, -0.2) is 58.3 Å². The monoisotopic (exact) mass is 490 g/mol. The van der Waals surface area contributed by atoms with Crippen LogP contribution in [0.4, 0.5) is 0 Å². The molecule has 1 heterocycles. The number of benzene rings is 2. The number of hydrogen-bond donors (Lipinski definition) is 3. The van der Waals surface area contributed by atoms with Gasteiger partial charge in [0.1, 0.15) is 11.9 Å². The third kappa shape index (κ3) is 6.29. The number of hydrogen-bond acceptors (Lipinski definition) is 5. The number of halogens is 1. The van der Waals surface area contributed by atoms with Gasteiger partial charge in [0.2, 0.25) is 0 Å². The van der Waals surface area contributed by atoms with E-state index in [1.165, 1.54) is 4.90 Å². The fraction of sp³-hybridized carbons (Fsp3) is 0.391. The van der Waals surface area contributed by atoms with E-state index in [0.717, 1.165) is 15.8 Å². The molecule has 0 radical (unpaired) electrons. The van der Waals surface area contributed by atoms with Crippen LogP contribution in [0.1, 0.15) is 31.4 Å². The summed E-state index contributed by atoms with van der Waals surface area (Å²) in [5.41, 5.74) is 0.838. The second-order valence-electron chi connectivity index (χ2n) is 7.63. The average molecular weight is 491 g/mol. The Kier molecular flexibility index (Phi) is 8.06. The molecular formula is C23H27BrN2O5. The Balaban J connectivity index is 1.48. The molecule has 0 aromatic heterocycles. The summed E-state index contributed by atoms with van der Waals surface area (Å²) in [6, 6.07) is 16.4. The molecule has 2 aromatic rings. The summed E-state index contributed by atoms with van der Waals surface area (Å²) in [6.07, 6.45) is -2.47. The Morgan fingerprint density at radius 2 is 1.65 bits per heavy atom. The number of para-hydroxylation sites is 1. The smallest absolute Gasteiger partial charge is 0.254 e. The van der Waals surface area contributed by atoms with E-state index in [4.69, 9.17) is 4.74 Å². The highest BCUT2D eigenvalue weighted by molar-refractivity contribution is 9.10. The standard InChI is InChI=1S/C23H27BrN2O5/c1-15(16-7-9-17(24)10-8-16)25-22(29)20(27)21(28)23(30)26-13-11-19(12-14-26)31-18-5-3-2-4-6-18/h2-10,15,19-21,27-28H,11-14H2,1H3,(H,25,29)/t15-,20+,21+/m0/s1. The lowest BCUT2D eigenvalue weighted by atomic mass is 10.0.